The number of hydrogen-bond acceptors (Lipinski definition) is 3. The molecule has 0 aromatic carbocycles. The number of carbonyl (C=O) groups excluding carboxylic acids is 2. The number of hydrogen-bond donors (Lipinski definition) is 2. The van der Waals surface area contributed by atoms with E-state index in [-0.39, 0.29) is 23.8 Å². The van der Waals surface area contributed by atoms with Gasteiger partial charge in [0.1, 0.15) is 5.54 Å². The van der Waals surface area contributed by atoms with Gasteiger partial charge in [-0.3, -0.25) is 9.59 Å². The van der Waals surface area contributed by atoms with Crippen molar-refractivity contribution in [1.29, 1.82) is 0 Å². The van der Waals surface area contributed by atoms with Crippen LogP contribution in [0.1, 0.15) is 51.9 Å². The molecule has 0 aromatic heterocycles. The standard InChI is InChI=1S/C16H26N2O3/c1-2-21-13-9-12(13)14(19)18-16(7-3-4-8-16)15(20)17-10-11-5-6-11/h11-13H,2-10H2,1H3,(H,17,20)(H,18,19)/t12-,13-/m1/s1. The first kappa shape index (κ1) is 14.8. The molecule has 2 atom stereocenters. The van der Waals surface area contributed by atoms with Crippen LogP contribution < -0.4 is 10.6 Å². The van der Waals surface area contributed by atoms with Crippen molar-refractivity contribution in [3.05, 3.63) is 0 Å². The zero-order chi connectivity index (χ0) is 14.9. The Hall–Kier alpha value is -1.10. The van der Waals surface area contributed by atoms with E-state index in [0.717, 1.165) is 38.6 Å². The van der Waals surface area contributed by atoms with Gasteiger partial charge in [0.2, 0.25) is 11.8 Å². The monoisotopic (exact) mass is 294 g/mol. The molecule has 3 fully saturated rings. The molecule has 118 valence electrons. The minimum Gasteiger partial charge on any atom is -0.378 e. The first-order valence-corrected chi connectivity index (χ1v) is 8.36. The van der Waals surface area contributed by atoms with E-state index in [0.29, 0.717) is 12.5 Å². The Balaban J connectivity index is 1.55. The van der Waals surface area contributed by atoms with Gasteiger partial charge >= 0.3 is 0 Å². The third kappa shape index (κ3) is 3.39. The second-order valence-electron chi connectivity index (χ2n) is 6.77. The fourth-order valence-corrected chi connectivity index (χ4v) is 3.29. The van der Waals surface area contributed by atoms with Crippen molar-refractivity contribution in [3.8, 4) is 0 Å². The highest BCUT2D eigenvalue weighted by Crippen LogP contribution is 2.37. The van der Waals surface area contributed by atoms with Gasteiger partial charge in [0.25, 0.3) is 0 Å². The Morgan fingerprint density at radius 2 is 1.95 bits per heavy atom. The van der Waals surface area contributed by atoms with E-state index in [4.69, 9.17) is 4.74 Å². The molecule has 0 bridgehead atoms. The second kappa shape index (κ2) is 5.95. The molecule has 0 aliphatic heterocycles. The summed E-state index contributed by atoms with van der Waals surface area (Å²) < 4.78 is 5.47. The summed E-state index contributed by atoms with van der Waals surface area (Å²) in [6.07, 6.45) is 6.84. The zero-order valence-electron chi connectivity index (χ0n) is 12.8. The summed E-state index contributed by atoms with van der Waals surface area (Å²) in [4.78, 5) is 24.9. The molecular formula is C16H26N2O3. The third-order valence-electron chi connectivity index (χ3n) is 4.95. The predicted octanol–water partition coefficient (Wildman–Crippen LogP) is 1.37. The normalized spacial score (nSPS) is 30.0. The number of ether oxygens (including phenoxy) is 1. The summed E-state index contributed by atoms with van der Waals surface area (Å²) >= 11 is 0. The number of amides is 2. The van der Waals surface area contributed by atoms with Gasteiger partial charge in [0.15, 0.2) is 0 Å². The maximum atomic E-state index is 12.5. The number of nitrogens with one attached hydrogen (secondary N) is 2. The maximum Gasteiger partial charge on any atom is 0.245 e. The first-order valence-electron chi connectivity index (χ1n) is 8.36. The highest BCUT2D eigenvalue weighted by atomic mass is 16.5. The highest BCUT2D eigenvalue weighted by Gasteiger charge is 2.49. The Labute approximate surface area is 126 Å². The summed E-state index contributed by atoms with van der Waals surface area (Å²) in [6.45, 7) is 3.35. The molecule has 0 radical (unpaired) electrons. The lowest BCUT2D eigenvalue weighted by Gasteiger charge is -2.29. The molecule has 0 heterocycles. The van der Waals surface area contributed by atoms with E-state index >= 15 is 0 Å². The largest absolute Gasteiger partial charge is 0.378 e. The van der Waals surface area contributed by atoms with Crippen LogP contribution in [0.4, 0.5) is 0 Å². The van der Waals surface area contributed by atoms with E-state index in [9.17, 15) is 9.59 Å². The van der Waals surface area contributed by atoms with Crippen LogP contribution in [0, 0.1) is 11.8 Å². The van der Waals surface area contributed by atoms with Crippen molar-refractivity contribution in [3.63, 3.8) is 0 Å². The molecule has 3 aliphatic carbocycles. The molecule has 3 rings (SSSR count). The van der Waals surface area contributed by atoms with Gasteiger partial charge in [-0.25, -0.2) is 0 Å². The molecule has 5 nitrogen and oxygen atoms in total. The molecule has 0 aromatic rings. The van der Waals surface area contributed by atoms with Crippen molar-refractivity contribution in [2.75, 3.05) is 13.2 Å². The van der Waals surface area contributed by atoms with Crippen molar-refractivity contribution in [1.82, 2.24) is 10.6 Å². The summed E-state index contributed by atoms with van der Waals surface area (Å²) in [6, 6.07) is 0. The topological polar surface area (TPSA) is 67.4 Å². The van der Waals surface area contributed by atoms with Crippen LogP contribution in [0.15, 0.2) is 0 Å². The number of rotatable bonds is 7. The summed E-state index contributed by atoms with van der Waals surface area (Å²) in [5.74, 6) is 0.623. The quantitative estimate of drug-likeness (QED) is 0.745. The van der Waals surface area contributed by atoms with Crippen molar-refractivity contribution in [2.24, 2.45) is 11.8 Å². The zero-order valence-corrected chi connectivity index (χ0v) is 12.8. The Kier molecular flexibility index (Phi) is 4.20. The average Bonchev–Trinajstić information content (AvgIpc) is 3.37. The van der Waals surface area contributed by atoms with Crippen LogP contribution in [0.5, 0.6) is 0 Å². The van der Waals surface area contributed by atoms with Gasteiger partial charge in [-0.05, 0) is 44.9 Å². The van der Waals surface area contributed by atoms with E-state index in [2.05, 4.69) is 10.6 Å². The van der Waals surface area contributed by atoms with Crippen LogP contribution in [-0.4, -0.2) is 36.6 Å². The minimum absolute atomic E-state index is 0.00285. The van der Waals surface area contributed by atoms with Gasteiger partial charge in [-0.1, -0.05) is 12.8 Å². The molecular weight excluding hydrogens is 268 g/mol. The maximum absolute atomic E-state index is 12.5. The predicted molar refractivity (Wildman–Crippen MR) is 78.6 cm³/mol. The van der Waals surface area contributed by atoms with E-state index in [1.165, 1.54) is 12.8 Å². The SMILES string of the molecule is CCO[C@@H]1C[C@H]1C(=O)NC1(C(=O)NCC2CC2)CCCC1. The summed E-state index contributed by atoms with van der Waals surface area (Å²) in [7, 11) is 0. The van der Waals surface area contributed by atoms with E-state index in [1.807, 2.05) is 6.92 Å². The lowest BCUT2D eigenvalue weighted by molar-refractivity contribution is -0.134. The van der Waals surface area contributed by atoms with Crippen LogP contribution >= 0.6 is 0 Å². The van der Waals surface area contributed by atoms with Crippen LogP contribution in [-0.2, 0) is 14.3 Å². The van der Waals surface area contributed by atoms with Gasteiger partial charge < -0.3 is 15.4 Å². The fourth-order valence-electron chi connectivity index (χ4n) is 3.29. The van der Waals surface area contributed by atoms with Crippen LogP contribution in [0.25, 0.3) is 0 Å². The van der Waals surface area contributed by atoms with Crippen molar-refractivity contribution in [2.45, 2.75) is 63.5 Å². The van der Waals surface area contributed by atoms with E-state index in [1.54, 1.807) is 0 Å². The molecule has 0 saturated heterocycles. The molecule has 3 aliphatic rings. The average molecular weight is 294 g/mol. The molecule has 2 N–H and O–H groups in total. The highest BCUT2D eigenvalue weighted by molar-refractivity contribution is 5.93. The molecule has 0 unspecified atom stereocenters. The van der Waals surface area contributed by atoms with Crippen LogP contribution in [0.2, 0.25) is 0 Å². The Bertz CT molecular complexity index is 414. The summed E-state index contributed by atoms with van der Waals surface area (Å²) in [5.41, 5.74) is -0.661. The van der Waals surface area contributed by atoms with Gasteiger partial charge in [0, 0.05) is 13.2 Å². The molecule has 2 amide bonds. The smallest absolute Gasteiger partial charge is 0.245 e. The fraction of sp³-hybridized carbons (Fsp3) is 0.875. The van der Waals surface area contributed by atoms with E-state index < -0.39 is 5.54 Å². The van der Waals surface area contributed by atoms with Crippen molar-refractivity contribution >= 4 is 11.8 Å². The lowest BCUT2D eigenvalue weighted by Crippen LogP contribution is -2.58. The second-order valence-corrected chi connectivity index (χ2v) is 6.77. The Morgan fingerprint density at radius 1 is 1.24 bits per heavy atom. The van der Waals surface area contributed by atoms with Crippen LogP contribution in [0.3, 0.4) is 0 Å². The van der Waals surface area contributed by atoms with Gasteiger partial charge in [-0.15, -0.1) is 0 Å². The molecule has 0 spiro atoms. The number of carbonyl (C=O) groups is 2. The van der Waals surface area contributed by atoms with Gasteiger partial charge in [0.05, 0.1) is 12.0 Å². The van der Waals surface area contributed by atoms with Gasteiger partial charge in [-0.2, -0.15) is 0 Å². The molecule has 5 heteroatoms. The van der Waals surface area contributed by atoms with Crippen molar-refractivity contribution < 1.29 is 14.3 Å². The lowest BCUT2D eigenvalue weighted by atomic mass is 9.95. The molecule has 3 saturated carbocycles. The minimum atomic E-state index is -0.661. The molecule has 21 heavy (non-hydrogen) atoms. The summed E-state index contributed by atoms with van der Waals surface area (Å²) in [5, 5.41) is 6.10. The Morgan fingerprint density at radius 3 is 2.57 bits per heavy atom. The third-order valence-corrected chi connectivity index (χ3v) is 4.95. The first-order chi connectivity index (χ1) is 10.1.